The molecule has 3 aliphatic rings. The summed E-state index contributed by atoms with van der Waals surface area (Å²) in [5.41, 5.74) is 10.3. The lowest BCUT2D eigenvalue weighted by atomic mass is 9.79. The van der Waals surface area contributed by atoms with Crippen molar-refractivity contribution in [3.63, 3.8) is 0 Å². The molecule has 8 rings (SSSR count). The predicted octanol–water partition coefficient (Wildman–Crippen LogP) is 11.7. The number of aryl methyl sites for hydroxylation is 1. The molecular weight excluding hydrogens is 623 g/mol. The molecule has 1 unspecified atom stereocenters. The highest BCUT2D eigenvalue weighted by molar-refractivity contribution is 5.86. The van der Waals surface area contributed by atoms with Gasteiger partial charge in [0.25, 0.3) is 0 Å². The number of nitrogens with zero attached hydrogens (tertiary/aromatic N) is 3. The van der Waals surface area contributed by atoms with E-state index in [1.54, 1.807) is 0 Å². The lowest BCUT2D eigenvalue weighted by molar-refractivity contribution is 0.411. The van der Waals surface area contributed by atoms with E-state index >= 15 is 0 Å². The van der Waals surface area contributed by atoms with Crippen LogP contribution in [0, 0.1) is 5.41 Å². The fourth-order valence-electron chi connectivity index (χ4n) is 7.23. The van der Waals surface area contributed by atoms with Gasteiger partial charge in [0, 0.05) is 46.1 Å². The van der Waals surface area contributed by atoms with Crippen LogP contribution in [0.15, 0.2) is 150 Å². The van der Waals surface area contributed by atoms with Crippen molar-refractivity contribution in [1.29, 1.82) is 0 Å². The van der Waals surface area contributed by atoms with E-state index < -0.39 is 0 Å². The molecule has 51 heavy (non-hydrogen) atoms. The standard InChI is InChI=1S/C47H41N3O/c1-3-4-5-6-13-30-47(2)31-29-39-42(32-47)51-41-20-14-19-40(43(39)41)46-49-44(37-17-11-8-12-18-37)48-45(50-46)38-27-25-36(26-28-38)35-23-21-34(22-24-35)33-15-9-7-10-16-33/h3-13,15-19,21,23,25-31H,14,20,22,24,32H2,1-2H3/b4-3-,6-5-,30-13+. The second-order valence-electron chi connectivity index (χ2n) is 13.7. The Morgan fingerprint density at radius 1 is 0.627 bits per heavy atom. The third-order valence-corrected chi connectivity index (χ3v) is 9.98. The second kappa shape index (κ2) is 14.2. The number of benzene rings is 3. The molecule has 5 aromatic rings. The number of furan rings is 1. The molecule has 0 saturated heterocycles. The van der Waals surface area contributed by atoms with Crippen molar-refractivity contribution in [2.45, 2.75) is 46.0 Å². The van der Waals surface area contributed by atoms with Gasteiger partial charge in [-0.25, -0.2) is 15.0 Å². The van der Waals surface area contributed by atoms with E-state index in [-0.39, 0.29) is 5.41 Å². The van der Waals surface area contributed by atoms with Crippen LogP contribution in [0.4, 0.5) is 0 Å². The Kier molecular flexibility index (Phi) is 8.98. The SMILES string of the molecule is C\C=C/C=C\C=C\C1(C)C=Cc2c(oc3c2C(c2nc(-c4ccccc4)nc(-c4ccc(C5=CC=C(c6ccccc6)CC5)cc4)n2)=CCC3)C1. The Morgan fingerprint density at radius 3 is 1.88 bits per heavy atom. The van der Waals surface area contributed by atoms with Gasteiger partial charge in [0.15, 0.2) is 17.5 Å². The zero-order valence-corrected chi connectivity index (χ0v) is 29.2. The first-order chi connectivity index (χ1) is 25.1. The summed E-state index contributed by atoms with van der Waals surface area (Å²) in [6.07, 6.45) is 28.5. The summed E-state index contributed by atoms with van der Waals surface area (Å²) in [6, 6.07) is 29.5. The maximum Gasteiger partial charge on any atom is 0.164 e. The van der Waals surface area contributed by atoms with E-state index in [4.69, 9.17) is 19.4 Å². The summed E-state index contributed by atoms with van der Waals surface area (Å²) in [6.45, 7) is 4.28. The molecule has 250 valence electrons. The van der Waals surface area contributed by atoms with E-state index in [2.05, 4.69) is 128 Å². The third kappa shape index (κ3) is 6.82. The van der Waals surface area contributed by atoms with Gasteiger partial charge in [0.1, 0.15) is 11.5 Å². The summed E-state index contributed by atoms with van der Waals surface area (Å²) in [7, 11) is 0. The molecule has 2 aromatic heterocycles. The molecule has 3 aliphatic carbocycles. The van der Waals surface area contributed by atoms with Crippen molar-refractivity contribution >= 4 is 22.8 Å². The molecule has 2 heterocycles. The average molecular weight is 664 g/mol. The minimum Gasteiger partial charge on any atom is -0.465 e. The Bertz CT molecular complexity index is 2280. The van der Waals surface area contributed by atoms with Gasteiger partial charge in [0.2, 0.25) is 0 Å². The number of allylic oxidation sites excluding steroid dienone is 12. The quantitative estimate of drug-likeness (QED) is 0.155. The van der Waals surface area contributed by atoms with Crippen molar-refractivity contribution in [2.75, 3.05) is 0 Å². The van der Waals surface area contributed by atoms with E-state index in [9.17, 15) is 0 Å². The van der Waals surface area contributed by atoms with Gasteiger partial charge in [-0.2, -0.15) is 0 Å². The number of aromatic nitrogens is 3. The first-order valence-electron chi connectivity index (χ1n) is 18.0. The van der Waals surface area contributed by atoms with Crippen molar-refractivity contribution in [2.24, 2.45) is 5.41 Å². The van der Waals surface area contributed by atoms with Crippen LogP contribution < -0.4 is 0 Å². The smallest absolute Gasteiger partial charge is 0.164 e. The molecule has 4 nitrogen and oxygen atoms in total. The van der Waals surface area contributed by atoms with Crippen LogP contribution in [0.5, 0.6) is 0 Å². The molecule has 1 atom stereocenters. The maximum atomic E-state index is 6.62. The van der Waals surface area contributed by atoms with E-state index in [1.165, 1.54) is 22.3 Å². The van der Waals surface area contributed by atoms with E-state index in [0.29, 0.717) is 17.5 Å². The van der Waals surface area contributed by atoms with Gasteiger partial charge in [-0.15, -0.1) is 0 Å². The Morgan fingerprint density at radius 2 is 1.22 bits per heavy atom. The second-order valence-corrected chi connectivity index (χ2v) is 13.7. The van der Waals surface area contributed by atoms with Gasteiger partial charge in [0.05, 0.1) is 0 Å². The molecule has 4 heteroatoms. The number of hydrogen-bond donors (Lipinski definition) is 0. The van der Waals surface area contributed by atoms with Crippen LogP contribution in [0.2, 0.25) is 0 Å². The molecule has 0 bridgehead atoms. The van der Waals surface area contributed by atoms with Crippen molar-refractivity contribution in [3.8, 4) is 22.8 Å². The highest BCUT2D eigenvalue weighted by Gasteiger charge is 2.32. The van der Waals surface area contributed by atoms with Crippen LogP contribution in [0.3, 0.4) is 0 Å². The normalized spacial score (nSPS) is 18.5. The lowest BCUT2D eigenvalue weighted by Crippen LogP contribution is -2.16. The molecule has 0 aliphatic heterocycles. The van der Waals surface area contributed by atoms with Crippen LogP contribution in [0.1, 0.15) is 72.7 Å². The highest BCUT2D eigenvalue weighted by atomic mass is 16.3. The molecular formula is C47H41N3O. The molecule has 0 radical (unpaired) electrons. The van der Waals surface area contributed by atoms with Gasteiger partial charge >= 0.3 is 0 Å². The van der Waals surface area contributed by atoms with Crippen LogP contribution in [0.25, 0.3) is 45.6 Å². The van der Waals surface area contributed by atoms with Crippen molar-refractivity contribution in [3.05, 3.63) is 185 Å². The van der Waals surface area contributed by atoms with Crippen LogP contribution >= 0.6 is 0 Å². The Labute approximate surface area is 300 Å². The lowest BCUT2D eigenvalue weighted by Gasteiger charge is -2.24. The predicted molar refractivity (Wildman–Crippen MR) is 210 cm³/mol. The maximum absolute atomic E-state index is 6.62. The van der Waals surface area contributed by atoms with Gasteiger partial charge in [-0.05, 0) is 48.5 Å². The molecule has 3 aromatic carbocycles. The van der Waals surface area contributed by atoms with E-state index in [0.717, 1.165) is 71.5 Å². The summed E-state index contributed by atoms with van der Waals surface area (Å²) in [5.74, 6) is 4.05. The van der Waals surface area contributed by atoms with Crippen molar-refractivity contribution < 1.29 is 4.42 Å². The summed E-state index contributed by atoms with van der Waals surface area (Å²) in [4.78, 5) is 15.3. The van der Waals surface area contributed by atoms with Gasteiger partial charge in [-0.3, -0.25) is 0 Å². The minimum absolute atomic E-state index is 0.126. The highest BCUT2D eigenvalue weighted by Crippen LogP contribution is 2.43. The van der Waals surface area contributed by atoms with Gasteiger partial charge in [-0.1, -0.05) is 159 Å². The average Bonchev–Trinajstić information content (AvgIpc) is 3.56. The number of rotatable bonds is 8. The third-order valence-electron chi connectivity index (χ3n) is 9.98. The topological polar surface area (TPSA) is 51.8 Å². The minimum atomic E-state index is -0.126. The first kappa shape index (κ1) is 32.3. The molecule has 0 N–H and O–H groups in total. The number of hydrogen-bond acceptors (Lipinski definition) is 4. The molecule has 0 fully saturated rings. The summed E-state index contributed by atoms with van der Waals surface area (Å²) in [5, 5.41) is 0. The summed E-state index contributed by atoms with van der Waals surface area (Å²) >= 11 is 0. The fourth-order valence-corrected chi connectivity index (χ4v) is 7.23. The zero-order chi connectivity index (χ0) is 34.6. The monoisotopic (exact) mass is 663 g/mol. The first-order valence-corrected chi connectivity index (χ1v) is 18.0. The van der Waals surface area contributed by atoms with Gasteiger partial charge < -0.3 is 4.42 Å². The van der Waals surface area contributed by atoms with Crippen molar-refractivity contribution in [1.82, 2.24) is 15.0 Å². The summed E-state index contributed by atoms with van der Waals surface area (Å²) < 4.78 is 6.62. The Hall–Kier alpha value is -5.87. The molecule has 0 saturated carbocycles. The van der Waals surface area contributed by atoms with Crippen LogP contribution in [-0.2, 0) is 12.8 Å². The van der Waals surface area contributed by atoms with Crippen LogP contribution in [-0.4, -0.2) is 15.0 Å². The molecule has 0 amide bonds. The Balaban J connectivity index is 1.13. The zero-order valence-electron chi connectivity index (χ0n) is 29.2. The molecule has 0 spiro atoms. The number of fused-ring (bicyclic) bond motifs is 3. The van der Waals surface area contributed by atoms with E-state index in [1.807, 2.05) is 37.3 Å². The fraction of sp³-hybridized carbons (Fsp3) is 0.170. The largest absolute Gasteiger partial charge is 0.465 e.